The van der Waals surface area contributed by atoms with Crippen LogP contribution in [0, 0.1) is 0 Å². The largest absolute Gasteiger partial charge is 0.486 e. The molecule has 2 aromatic carbocycles. The molecule has 2 aliphatic heterocycles. The first kappa shape index (κ1) is 16.1. The van der Waals surface area contributed by atoms with E-state index >= 15 is 0 Å². The quantitative estimate of drug-likeness (QED) is 0.825. The molecule has 0 bridgehead atoms. The summed E-state index contributed by atoms with van der Waals surface area (Å²) in [5, 5.41) is 9.23. The minimum Gasteiger partial charge on any atom is -0.486 e. The van der Waals surface area contributed by atoms with E-state index < -0.39 is 5.97 Å². The topological polar surface area (TPSA) is 87.9 Å². The van der Waals surface area contributed by atoms with E-state index in [2.05, 4.69) is 5.43 Å². The molecule has 26 heavy (non-hydrogen) atoms. The molecule has 0 aliphatic carbocycles. The van der Waals surface area contributed by atoms with E-state index in [0.717, 1.165) is 11.3 Å². The van der Waals surface area contributed by atoms with Crippen molar-refractivity contribution < 1.29 is 28.9 Å². The Kier molecular flexibility index (Phi) is 4.04. The molecular weight excluding hydrogens is 336 g/mol. The minimum absolute atomic E-state index is 0.118. The standard InChI is InChI=1S/C19H16N2O5/c22-18-7-5-15(12-4-6-16-17(11-12)26-9-8-25-16)21(20-18)14-3-1-2-13(10-14)19(23)24/h1-4,6,10-11H,5,7-9H2,(H-,20,22,23,24)/p+1. The predicted molar refractivity (Wildman–Crippen MR) is 92.2 cm³/mol. The van der Waals surface area contributed by atoms with Crippen molar-refractivity contribution >= 4 is 23.3 Å². The van der Waals surface area contributed by atoms with E-state index in [9.17, 15) is 14.7 Å². The normalized spacial score (nSPS) is 16.2. The van der Waals surface area contributed by atoms with E-state index in [0.29, 0.717) is 43.2 Å². The van der Waals surface area contributed by atoms with Crippen LogP contribution in [0.3, 0.4) is 0 Å². The Morgan fingerprint density at radius 3 is 2.65 bits per heavy atom. The van der Waals surface area contributed by atoms with Crippen LogP contribution in [-0.4, -0.2) is 40.6 Å². The van der Waals surface area contributed by atoms with Crippen LogP contribution < -0.4 is 14.9 Å². The number of carboxylic acid groups (broad SMARTS) is 1. The highest BCUT2D eigenvalue weighted by Gasteiger charge is 2.30. The Labute approximate surface area is 149 Å². The number of amides is 1. The van der Waals surface area contributed by atoms with Crippen molar-refractivity contribution in [1.82, 2.24) is 5.43 Å². The Balaban J connectivity index is 1.82. The van der Waals surface area contributed by atoms with Crippen LogP contribution in [-0.2, 0) is 4.79 Å². The molecular formula is C19H17N2O5+. The number of benzene rings is 2. The number of carbonyl (C=O) groups is 2. The van der Waals surface area contributed by atoms with Crippen LogP contribution in [0.15, 0.2) is 42.5 Å². The molecule has 0 radical (unpaired) electrons. The highest BCUT2D eigenvalue weighted by atomic mass is 16.6. The maximum Gasteiger partial charge on any atom is 0.335 e. The number of fused-ring (bicyclic) bond motifs is 1. The maximum absolute atomic E-state index is 11.9. The van der Waals surface area contributed by atoms with Crippen LogP contribution in [0.25, 0.3) is 0 Å². The van der Waals surface area contributed by atoms with Gasteiger partial charge in [-0.25, -0.2) is 4.79 Å². The molecule has 0 aromatic heterocycles. The molecule has 2 N–H and O–H groups in total. The third kappa shape index (κ3) is 2.99. The molecule has 0 saturated heterocycles. The van der Waals surface area contributed by atoms with Crippen molar-refractivity contribution in [2.75, 3.05) is 13.2 Å². The third-order valence-electron chi connectivity index (χ3n) is 4.32. The smallest absolute Gasteiger partial charge is 0.335 e. The van der Waals surface area contributed by atoms with Gasteiger partial charge in [0.2, 0.25) is 11.4 Å². The number of hydrazine groups is 1. The number of hydrogen-bond donors (Lipinski definition) is 2. The summed E-state index contributed by atoms with van der Waals surface area (Å²) < 4.78 is 12.8. The van der Waals surface area contributed by atoms with Gasteiger partial charge >= 0.3 is 5.97 Å². The lowest BCUT2D eigenvalue weighted by Gasteiger charge is -2.20. The molecule has 7 heteroatoms. The van der Waals surface area contributed by atoms with Crippen molar-refractivity contribution in [3.05, 3.63) is 53.6 Å². The minimum atomic E-state index is -1.02. The molecule has 132 valence electrons. The average Bonchev–Trinajstić information content (AvgIpc) is 2.67. The van der Waals surface area contributed by atoms with Gasteiger partial charge in [0.25, 0.3) is 5.91 Å². The SMILES string of the molecule is O=C1CCC(c2ccc3c(c2)OCCO3)=[N+](c2cccc(C(=O)O)c2)N1. The summed E-state index contributed by atoms with van der Waals surface area (Å²) in [6.07, 6.45) is 0.891. The number of carbonyl (C=O) groups excluding carboxylic acids is 1. The van der Waals surface area contributed by atoms with Gasteiger partial charge in [0.1, 0.15) is 13.2 Å². The van der Waals surface area contributed by atoms with E-state index in [4.69, 9.17) is 9.47 Å². The van der Waals surface area contributed by atoms with Crippen molar-refractivity contribution in [2.45, 2.75) is 12.8 Å². The Bertz CT molecular complexity index is 935. The number of hydrogen-bond acceptors (Lipinski definition) is 4. The molecule has 2 aromatic rings. The number of aromatic carboxylic acids is 1. The second kappa shape index (κ2) is 6.51. The number of carboxylic acids is 1. The summed E-state index contributed by atoms with van der Waals surface area (Å²) >= 11 is 0. The highest BCUT2D eigenvalue weighted by Crippen LogP contribution is 2.32. The van der Waals surface area contributed by atoms with E-state index in [1.54, 1.807) is 16.8 Å². The first-order valence-corrected chi connectivity index (χ1v) is 8.30. The summed E-state index contributed by atoms with van der Waals surface area (Å²) in [5.41, 5.74) is 5.31. The summed E-state index contributed by atoms with van der Waals surface area (Å²) in [6.45, 7) is 1.01. The van der Waals surface area contributed by atoms with Crippen molar-refractivity contribution in [2.24, 2.45) is 0 Å². The van der Waals surface area contributed by atoms with Crippen LogP contribution in [0.1, 0.15) is 28.8 Å². The molecule has 0 fully saturated rings. The second-order valence-corrected chi connectivity index (χ2v) is 6.03. The van der Waals surface area contributed by atoms with Gasteiger partial charge in [-0.3, -0.25) is 4.79 Å². The molecule has 0 spiro atoms. The zero-order valence-corrected chi connectivity index (χ0v) is 13.9. The number of nitrogens with one attached hydrogen (secondary N) is 1. The fourth-order valence-electron chi connectivity index (χ4n) is 3.09. The summed E-state index contributed by atoms with van der Waals surface area (Å²) in [6, 6.07) is 12.1. The number of rotatable bonds is 3. The summed E-state index contributed by atoms with van der Waals surface area (Å²) in [4.78, 5) is 23.2. The first-order chi connectivity index (χ1) is 12.6. The van der Waals surface area contributed by atoms with Crippen LogP contribution in [0.2, 0.25) is 0 Å². The lowest BCUT2D eigenvalue weighted by Crippen LogP contribution is -2.41. The van der Waals surface area contributed by atoms with E-state index in [1.807, 2.05) is 18.2 Å². The van der Waals surface area contributed by atoms with Gasteiger partial charge in [-0.15, -0.1) is 5.43 Å². The maximum atomic E-state index is 11.9. The van der Waals surface area contributed by atoms with Gasteiger partial charge in [-0.05, 0) is 24.3 Å². The zero-order chi connectivity index (χ0) is 18.1. The van der Waals surface area contributed by atoms with Crippen LogP contribution >= 0.6 is 0 Å². The number of nitrogens with zero attached hydrogens (tertiary/aromatic N) is 1. The summed E-state index contributed by atoms with van der Waals surface area (Å²) in [7, 11) is 0. The fraction of sp³-hybridized carbons (Fsp3) is 0.211. The Hall–Kier alpha value is -3.35. The molecule has 1 amide bonds. The molecule has 0 atom stereocenters. The van der Waals surface area contributed by atoms with Crippen molar-refractivity contribution in [3.8, 4) is 11.5 Å². The number of hydrazone groups is 1. The van der Waals surface area contributed by atoms with Gasteiger partial charge < -0.3 is 14.6 Å². The second-order valence-electron chi connectivity index (χ2n) is 6.03. The van der Waals surface area contributed by atoms with Gasteiger partial charge in [-0.2, -0.15) is 0 Å². The third-order valence-corrected chi connectivity index (χ3v) is 4.32. The Morgan fingerprint density at radius 1 is 1.04 bits per heavy atom. The van der Waals surface area contributed by atoms with Crippen LogP contribution in [0.5, 0.6) is 11.5 Å². The molecule has 2 heterocycles. The predicted octanol–water partition coefficient (Wildman–Crippen LogP) is 2.11. The average molecular weight is 353 g/mol. The first-order valence-electron chi connectivity index (χ1n) is 8.30. The van der Waals surface area contributed by atoms with Gasteiger partial charge in [-0.1, -0.05) is 10.8 Å². The number of ether oxygens (including phenoxy) is 2. The van der Waals surface area contributed by atoms with Gasteiger partial charge in [0, 0.05) is 30.5 Å². The molecule has 0 unspecified atom stereocenters. The van der Waals surface area contributed by atoms with E-state index in [1.165, 1.54) is 12.1 Å². The Morgan fingerprint density at radius 2 is 1.85 bits per heavy atom. The highest BCUT2D eigenvalue weighted by molar-refractivity contribution is 6.01. The van der Waals surface area contributed by atoms with E-state index in [-0.39, 0.29) is 11.5 Å². The van der Waals surface area contributed by atoms with Crippen LogP contribution in [0.4, 0.5) is 5.69 Å². The summed E-state index contributed by atoms with van der Waals surface area (Å²) in [5.74, 6) is 0.223. The molecule has 7 nitrogen and oxygen atoms in total. The lowest BCUT2D eigenvalue weighted by atomic mass is 10.0. The van der Waals surface area contributed by atoms with Gasteiger partial charge in [0.05, 0.1) is 5.56 Å². The molecule has 2 aliphatic rings. The monoisotopic (exact) mass is 353 g/mol. The lowest BCUT2D eigenvalue weighted by molar-refractivity contribution is -0.496. The fourth-order valence-corrected chi connectivity index (χ4v) is 3.09. The molecule has 0 saturated carbocycles. The van der Waals surface area contributed by atoms with Crippen molar-refractivity contribution in [1.29, 1.82) is 0 Å². The molecule has 4 rings (SSSR count). The van der Waals surface area contributed by atoms with Gasteiger partial charge in [0.15, 0.2) is 11.5 Å². The zero-order valence-electron chi connectivity index (χ0n) is 13.9. The van der Waals surface area contributed by atoms with Crippen molar-refractivity contribution in [3.63, 3.8) is 0 Å².